The third-order valence-electron chi connectivity index (χ3n) is 6.49. The van der Waals surface area contributed by atoms with Gasteiger partial charge < -0.3 is 20.7 Å². The van der Waals surface area contributed by atoms with E-state index in [9.17, 15) is 14.4 Å². The van der Waals surface area contributed by atoms with Crippen LogP contribution in [-0.2, 0) is 32.0 Å². The number of epoxide rings is 1. The Morgan fingerprint density at radius 3 is 1.70 bits per heavy atom. The lowest BCUT2D eigenvalue weighted by Gasteiger charge is -2.27. The summed E-state index contributed by atoms with van der Waals surface area (Å²) in [5, 5.41) is 9.27. The molecular weight excluding hydrogens is 466 g/mol. The molecule has 1 fully saturated rings. The van der Waals surface area contributed by atoms with Gasteiger partial charge in [-0.15, -0.1) is 0 Å². The van der Waals surface area contributed by atoms with Gasteiger partial charge in [-0.1, -0.05) is 88.4 Å². The summed E-state index contributed by atoms with van der Waals surface area (Å²) in [6.07, 6.45) is 1.31. The number of carbonyl (C=O) groups is 3. The predicted molar refractivity (Wildman–Crippen MR) is 145 cm³/mol. The lowest BCUT2D eigenvalue weighted by molar-refractivity contribution is -0.133. The van der Waals surface area contributed by atoms with Gasteiger partial charge in [-0.3, -0.25) is 14.4 Å². The molecule has 0 spiro atoms. The van der Waals surface area contributed by atoms with Crippen molar-refractivity contribution in [2.75, 3.05) is 6.61 Å². The van der Waals surface area contributed by atoms with Gasteiger partial charge in [-0.2, -0.15) is 0 Å². The molecule has 2 amide bonds. The quantitative estimate of drug-likeness (QED) is 0.341. The minimum atomic E-state index is -0.840. The van der Waals surface area contributed by atoms with E-state index in [2.05, 4.69) is 16.0 Å². The predicted octanol–water partition coefficient (Wildman–Crippen LogP) is 3.21. The summed E-state index contributed by atoms with van der Waals surface area (Å²) in [7, 11) is 0. The second-order valence-corrected chi connectivity index (χ2v) is 10.9. The van der Waals surface area contributed by atoms with Crippen LogP contribution in [0.5, 0.6) is 0 Å². The monoisotopic (exact) mass is 507 g/mol. The van der Waals surface area contributed by atoms with Crippen molar-refractivity contribution in [3.8, 4) is 0 Å². The van der Waals surface area contributed by atoms with Crippen molar-refractivity contribution in [3.63, 3.8) is 0 Å². The van der Waals surface area contributed by atoms with Crippen LogP contribution in [0.25, 0.3) is 0 Å². The van der Waals surface area contributed by atoms with Crippen LogP contribution < -0.4 is 16.0 Å². The summed E-state index contributed by atoms with van der Waals surface area (Å²) in [6.45, 7) is 10.1. The van der Waals surface area contributed by atoms with Gasteiger partial charge in [0.25, 0.3) is 0 Å². The highest BCUT2D eigenvalue weighted by molar-refractivity contribution is 5.98. The molecule has 2 aromatic rings. The highest BCUT2D eigenvalue weighted by Crippen LogP contribution is 2.29. The number of hydrogen-bond donors (Lipinski definition) is 3. The first kappa shape index (κ1) is 28.5. The number of nitrogens with one attached hydrogen (secondary N) is 3. The third kappa shape index (κ3) is 8.79. The van der Waals surface area contributed by atoms with Crippen LogP contribution in [0.2, 0.25) is 0 Å². The van der Waals surface area contributed by atoms with Crippen LogP contribution in [0.3, 0.4) is 0 Å². The van der Waals surface area contributed by atoms with Crippen molar-refractivity contribution < 1.29 is 19.1 Å². The Balaban J connectivity index is 1.80. The summed E-state index contributed by atoms with van der Waals surface area (Å²) in [5.74, 6) is -0.548. The molecule has 200 valence electrons. The Kier molecular flexibility index (Phi) is 10.0. The minimum Gasteiger partial charge on any atom is -0.361 e. The lowest BCUT2D eigenvalue weighted by atomic mass is 9.93. The summed E-state index contributed by atoms with van der Waals surface area (Å²) in [4.78, 5) is 40.2. The van der Waals surface area contributed by atoms with Gasteiger partial charge in [0.2, 0.25) is 11.8 Å². The van der Waals surface area contributed by atoms with Crippen molar-refractivity contribution in [1.82, 2.24) is 16.0 Å². The first-order valence-corrected chi connectivity index (χ1v) is 13.2. The molecule has 7 nitrogen and oxygen atoms in total. The largest absolute Gasteiger partial charge is 0.361 e. The second-order valence-electron chi connectivity index (χ2n) is 10.9. The molecule has 0 bridgehead atoms. The molecule has 0 radical (unpaired) electrons. The minimum absolute atomic E-state index is 0.0770. The van der Waals surface area contributed by atoms with Crippen molar-refractivity contribution in [2.45, 2.75) is 83.6 Å². The molecule has 1 unspecified atom stereocenters. The summed E-state index contributed by atoms with van der Waals surface area (Å²) >= 11 is 0. The topological polar surface area (TPSA) is 99.8 Å². The maximum absolute atomic E-state index is 13.6. The van der Waals surface area contributed by atoms with E-state index in [0.29, 0.717) is 25.9 Å². The molecule has 1 heterocycles. The zero-order valence-corrected chi connectivity index (χ0v) is 22.6. The van der Waals surface area contributed by atoms with Crippen molar-refractivity contribution in [3.05, 3.63) is 71.8 Å². The number of rotatable bonds is 14. The first-order chi connectivity index (χ1) is 17.6. The molecule has 3 N–H and O–H groups in total. The molecule has 0 saturated carbocycles. The fraction of sp³-hybridized carbons (Fsp3) is 0.500. The van der Waals surface area contributed by atoms with Crippen LogP contribution in [0, 0.1) is 5.92 Å². The molecule has 1 saturated heterocycles. The molecule has 2 aromatic carbocycles. The van der Waals surface area contributed by atoms with E-state index < -0.39 is 23.7 Å². The van der Waals surface area contributed by atoms with E-state index in [0.717, 1.165) is 11.1 Å². The molecular formula is C30H41N3O4. The van der Waals surface area contributed by atoms with Crippen LogP contribution in [0.1, 0.15) is 52.2 Å². The van der Waals surface area contributed by atoms with E-state index in [1.807, 2.05) is 88.4 Å². The highest BCUT2D eigenvalue weighted by atomic mass is 16.6. The van der Waals surface area contributed by atoms with E-state index in [1.165, 1.54) is 0 Å². The Morgan fingerprint density at radius 2 is 1.24 bits per heavy atom. The number of hydrogen-bond acceptors (Lipinski definition) is 5. The number of benzene rings is 2. The molecule has 7 heteroatoms. The highest BCUT2D eigenvalue weighted by Gasteiger charge is 2.50. The normalized spacial score (nSPS) is 19.2. The van der Waals surface area contributed by atoms with Crippen molar-refractivity contribution >= 4 is 17.6 Å². The summed E-state index contributed by atoms with van der Waals surface area (Å²) in [5.41, 5.74) is 1.11. The van der Waals surface area contributed by atoms with Crippen LogP contribution >= 0.6 is 0 Å². The summed E-state index contributed by atoms with van der Waals surface area (Å²) in [6, 6.07) is 17.4. The van der Waals surface area contributed by atoms with E-state index >= 15 is 0 Å². The molecule has 4 atom stereocenters. The number of carbonyl (C=O) groups excluding carboxylic acids is 3. The number of ketones is 1. The molecule has 1 aliphatic heterocycles. The van der Waals surface area contributed by atoms with Crippen LogP contribution in [-0.4, -0.2) is 54.0 Å². The number of Topliss-reactive ketones (excluding diaryl/α,β-unsaturated/α-hetero) is 1. The van der Waals surface area contributed by atoms with Gasteiger partial charge in [0.15, 0.2) is 5.78 Å². The van der Waals surface area contributed by atoms with E-state index in [1.54, 1.807) is 6.92 Å². The summed E-state index contributed by atoms with van der Waals surface area (Å²) < 4.78 is 5.37. The maximum atomic E-state index is 13.6. The Bertz CT molecular complexity index is 1040. The molecule has 0 aromatic heterocycles. The average Bonchev–Trinajstić information content (AvgIpc) is 3.61. The standard InChI is InChI=1S/C30H41N3O4/c1-20(2)16-24(27(34)30(5)19-37-30)32-29(36)26(18-23-14-10-7-11-15-23)33-28(35)25(31-21(3)4)17-22-12-8-6-9-13-22/h6-15,20-21,24-26,31H,16-19H2,1-5H3,(H,32,36)(H,33,35)/t24?,25-,26-,30+/m0/s1. The molecule has 3 rings (SSSR count). The van der Waals surface area contributed by atoms with Gasteiger partial charge in [0, 0.05) is 12.5 Å². The van der Waals surface area contributed by atoms with Gasteiger partial charge in [-0.05, 0) is 36.8 Å². The van der Waals surface area contributed by atoms with Crippen LogP contribution in [0.4, 0.5) is 0 Å². The van der Waals surface area contributed by atoms with Gasteiger partial charge in [0.1, 0.15) is 11.6 Å². The van der Waals surface area contributed by atoms with Crippen LogP contribution in [0.15, 0.2) is 60.7 Å². The Labute approximate surface area is 220 Å². The number of amides is 2. The van der Waals surface area contributed by atoms with Gasteiger partial charge in [-0.25, -0.2) is 0 Å². The van der Waals surface area contributed by atoms with E-state index in [4.69, 9.17) is 4.74 Å². The molecule has 1 aliphatic rings. The lowest BCUT2D eigenvalue weighted by Crippen LogP contribution is -2.57. The average molecular weight is 508 g/mol. The fourth-order valence-electron chi connectivity index (χ4n) is 4.41. The Hall–Kier alpha value is -3.03. The molecule has 37 heavy (non-hydrogen) atoms. The fourth-order valence-corrected chi connectivity index (χ4v) is 4.41. The third-order valence-corrected chi connectivity index (χ3v) is 6.49. The van der Waals surface area contributed by atoms with Gasteiger partial charge >= 0.3 is 0 Å². The maximum Gasteiger partial charge on any atom is 0.243 e. The zero-order valence-electron chi connectivity index (χ0n) is 22.6. The zero-order chi connectivity index (χ0) is 27.0. The first-order valence-electron chi connectivity index (χ1n) is 13.2. The second kappa shape index (κ2) is 13.0. The van der Waals surface area contributed by atoms with E-state index in [-0.39, 0.29) is 29.6 Å². The molecule has 0 aliphatic carbocycles. The Morgan fingerprint density at radius 1 is 0.784 bits per heavy atom. The SMILES string of the molecule is CC(C)CC(NC(=O)[C@H](Cc1ccccc1)NC(=O)[C@H](Cc1ccccc1)NC(C)C)C(=O)[C@@]1(C)CO1. The smallest absolute Gasteiger partial charge is 0.243 e. The number of ether oxygens (including phenoxy) is 1. The van der Waals surface area contributed by atoms with Crippen molar-refractivity contribution in [1.29, 1.82) is 0 Å². The van der Waals surface area contributed by atoms with Crippen molar-refractivity contribution in [2.24, 2.45) is 5.92 Å². The van der Waals surface area contributed by atoms with Gasteiger partial charge in [0.05, 0.1) is 18.7 Å².